The largest absolute Gasteiger partial charge is 0.309 e. The van der Waals surface area contributed by atoms with Gasteiger partial charge in [-0.05, 0) is 78.4 Å². The van der Waals surface area contributed by atoms with Crippen LogP contribution in [0.5, 0.6) is 0 Å². The van der Waals surface area contributed by atoms with Gasteiger partial charge in [0.1, 0.15) is 0 Å². The van der Waals surface area contributed by atoms with Crippen LogP contribution in [-0.2, 0) is 0 Å². The predicted molar refractivity (Wildman–Crippen MR) is 215 cm³/mol. The van der Waals surface area contributed by atoms with Crippen molar-refractivity contribution in [1.82, 2.24) is 9.13 Å². The molecule has 3 nitrogen and oxygen atoms in total. The summed E-state index contributed by atoms with van der Waals surface area (Å²) in [5, 5.41) is 4.96. The molecule has 2 heterocycles. The molecule has 10 aromatic rings. The van der Waals surface area contributed by atoms with Crippen LogP contribution in [0.1, 0.15) is 0 Å². The summed E-state index contributed by atoms with van der Waals surface area (Å²) in [6.45, 7) is 0. The smallest absolute Gasteiger partial charge is 0.0562 e. The van der Waals surface area contributed by atoms with Crippen molar-refractivity contribution in [2.45, 2.75) is 0 Å². The minimum atomic E-state index is 1.09. The topological polar surface area (TPSA) is 13.1 Å². The monoisotopic (exact) mass is 651 g/mol. The van der Waals surface area contributed by atoms with E-state index in [1.54, 1.807) is 0 Å². The van der Waals surface area contributed by atoms with Gasteiger partial charge in [-0.3, -0.25) is 0 Å². The second-order valence-electron chi connectivity index (χ2n) is 13.0. The molecule has 0 fully saturated rings. The zero-order chi connectivity index (χ0) is 33.7. The Labute approximate surface area is 296 Å². The second-order valence-corrected chi connectivity index (χ2v) is 13.0. The van der Waals surface area contributed by atoms with Crippen LogP contribution >= 0.6 is 0 Å². The van der Waals surface area contributed by atoms with Gasteiger partial charge in [-0.25, -0.2) is 0 Å². The number of anilines is 3. The zero-order valence-electron chi connectivity index (χ0n) is 27.9. The van der Waals surface area contributed by atoms with E-state index in [-0.39, 0.29) is 0 Å². The van der Waals surface area contributed by atoms with Gasteiger partial charge in [0.25, 0.3) is 0 Å². The maximum absolute atomic E-state index is 2.45. The summed E-state index contributed by atoms with van der Waals surface area (Å²) < 4.78 is 4.77. The molecule has 51 heavy (non-hydrogen) atoms. The first-order valence-electron chi connectivity index (χ1n) is 17.5. The van der Waals surface area contributed by atoms with Gasteiger partial charge in [-0.2, -0.15) is 0 Å². The zero-order valence-corrected chi connectivity index (χ0v) is 27.9. The molecule has 8 aromatic carbocycles. The van der Waals surface area contributed by atoms with Crippen LogP contribution in [-0.4, -0.2) is 9.13 Å². The number of fused-ring (bicyclic) bond motifs is 6. The molecule has 0 aliphatic heterocycles. The molecular weight excluding hydrogens is 619 g/mol. The summed E-state index contributed by atoms with van der Waals surface area (Å²) in [5.74, 6) is 0. The molecular formula is C48H33N3. The molecule has 0 aliphatic carbocycles. The van der Waals surface area contributed by atoms with E-state index in [0.29, 0.717) is 0 Å². The van der Waals surface area contributed by atoms with Crippen LogP contribution < -0.4 is 4.90 Å². The third-order valence-electron chi connectivity index (χ3n) is 10.1. The van der Waals surface area contributed by atoms with Gasteiger partial charge < -0.3 is 14.0 Å². The Hall–Kier alpha value is -6.84. The lowest BCUT2D eigenvalue weighted by molar-refractivity contribution is 1.17. The van der Waals surface area contributed by atoms with Crippen molar-refractivity contribution in [1.29, 1.82) is 0 Å². The van der Waals surface area contributed by atoms with Gasteiger partial charge >= 0.3 is 0 Å². The van der Waals surface area contributed by atoms with E-state index in [4.69, 9.17) is 0 Å². The quantitative estimate of drug-likeness (QED) is 0.174. The van der Waals surface area contributed by atoms with E-state index < -0.39 is 0 Å². The molecule has 10 rings (SSSR count). The van der Waals surface area contributed by atoms with Crippen LogP contribution in [0, 0.1) is 0 Å². The average Bonchev–Trinajstić information content (AvgIpc) is 3.73. The molecule has 0 saturated heterocycles. The predicted octanol–water partition coefficient (Wildman–Crippen LogP) is 13.0. The maximum atomic E-state index is 2.45. The molecule has 0 bridgehead atoms. The fourth-order valence-electron chi connectivity index (χ4n) is 7.93. The summed E-state index contributed by atoms with van der Waals surface area (Å²) in [5.41, 5.74) is 12.7. The number of rotatable bonds is 6. The Morgan fingerprint density at radius 2 is 0.784 bits per heavy atom. The molecule has 0 saturated carbocycles. The maximum Gasteiger partial charge on any atom is 0.0562 e. The number of benzene rings is 8. The van der Waals surface area contributed by atoms with E-state index in [1.807, 2.05) is 0 Å². The lowest BCUT2D eigenvalue weighted by Gasteiger charge is -2.29. The number of para-hydroxylation sites is 5. The van der Waals surface area contributed by atoms with E-state index in [2.05, 4.69) is 214 Å². The molecule has 0 radical (unpaired) electrons. The van der Waals surface area contributed by atoms with Crippen LogP contribution in [0.4, 0.5) is 17.1 Å². The van der Waals surface area contributed by atoms with Crippen molar-refractivity contribution in [2.75, 3.05) is 4.90 Å². The first-order chi connectivity index (χ1) is 25.3. The highest BCUT2D eigenvalue weighted by atomic mass is 15.2. The third kappa shape index (κ3) is 4.67. The first-order valence-corrected chi connectivity index (χ1v) is 17.5. The number of nitrogens with zero attached hydrogens (tertiary/aromatic N) is 3. The van der Waals surface area contributed by atoms with Crippen molar-refractivity contribution in [2.24, 2.45) is 0 Å². The molecule has 0 N–H and O–H groups in total. The highest BCUT2D eigenvalue weighted by molar-refractivity contribution is 6.17. The Balaban J connectivity index is 1.24. The van der Waals surface area contributed by atoms with Crippen LogP contribution in [0.3, 0.4) is 0 Å². The minimum absolute atomic E-state index is 1.09. The van der Waals surface area contributed by atoms with E-state index in [0.717, 1.165) is 28.4 Å². The van der Waals surface area contributed by atoms with E-state index in [9.17, 15) is 0 Å². The standard InChI is InChI=1S/C48H33N3/c1-3-16-34(17-4-1)38-20-7-11-24-42(38)51(37-32-30-36(31-33-37)49-43-25-12-8-21-39(43)40-22-9-13-26-44(40)49)47-29-15-28-46-48(47)41-23-10-14-27-45(41)50(46)35-18-5-2-6-19-35/h1-33H. The van der Waals surface area contributed by atoms with Gasteiger partial charge in [-0.1, -0.05) is 127 Å². The van der Waals surface area contributed by atoms with Gasteiger partial charge in [-0.15, -0.1) is 0 Å². The summed E-state index contributed by atoms with van der Waals surface area (Å²) in [6.07, 6.45) is 0. The number of hydrogen-bond donors (Lipinski definition) is 0. The second kappa shape index (κ2) is 11.9. The summed E-state index contributed by atoms with van der Waals surface area (Å²) in [4.78, 5) is 2.45. The van der Waals surface area contributed by atoms with Gasteiger partial charge in [0.05, 0.1) is 33.4 Å². The molecule has 0 unspecified atom stereocenters. The van der Waals surface area contributed by atoms with Gasteiger partial charge in [0.15, 0.2) is 0 Å². The van der Waals surface area contributed by atoms with Gasteiger partial charge in [0, 0.05) is 44.2 Å². The molecule has 0 aliphatic rings. The normalized spacial score (nSPS) is 11.5. The molecule has 0 atom stereocenters. The Morgan fingerprint density at radius 3 is 1.47 bits per heavy atom. The van der Waals surface area contributed by atoms with Crippen molar-refractivity contribution in [3.63, 3.8) is 0 Å². The Morgan fingerprint density at radius 1 is 0.314 bits per heavy atom. The van der Waals surface area contributed by atoms with Crippen molar-refractivity contribution in [3.8, 4) is 22.5 Å². The first kappa shape index (κ1) is 29.1. The minimum Gasteiger partial charge on any atom is -0.309 e. The van der Waals surface area contributed by atoms with Crippen molar-refractivity contribution < 1.29 is 0 Å². The Kier molecular flexibility index (Phi) is 6.81. The lowest BCUT2D eigenvalue weighted by atomic mass is 10.0. The summed E-state index contributed by atoms with van der Waals surface area (Å²) in [6, 6.07) is 72.1. The van der Waals surface area contributed by atoms with E-state index >= 15 is 0 Å². The molecule has 2 aromatic heterocycles. The van der Waals surface area contributed by atoms with Crippen molar-refractivity contribution in [3.05, 3.63) is 200 Å². The van der Waals surface area contributed by atoms with Crippen LogP contribution in [0.25, 0.3) is 66.1 Å². The van der Waals surface area contributed by atoms with E-state index in [1.165, 1.54) is 54.7 Å². The Bertz CT molecular complexity index is 2790. The highest BCUT2D eigenvalue weighted by Gasteiger charge is 2.23. The van der Waals surface area contributed by atoms with Gasteiger partial charge in [0.2, 0.25) is 0 Å². The molecule has 3 heteroatoms. The number of aromatic nitrogens is 2. The average molecular weight is 652 g/mol. The fraction of sp³-hybridized carbons (Fsp3) is 0. The fourth-order valence-corrected chi connectivity index (χ4v) is 7.93. The number of hydrogen-bond acceptors (Lipinski definition) is 1. The van der Waals surface area contributed by atoms with Crippen LogP contribution in [0.15, 0.2) is 200 Å². The lowest BCUT2D eigenvalue weighted by Crippen LogP contribution is -2.12. The molecule has 0 spiro atoms. The molecule has 240 valence electrons. The van der Waals surface area contributed by atoms with Crippen molar-refractivity contribution >= 4 is 60.7 Å². The summed E-state index contributed by atoms with van der Waals surface area (Å²) in [7, 11) is 0. The summed E-state index contributed by atoms with van der Waals surface area (Å²) >= 11 is 0. The van der Waals surface area contributed by atoms with Crippen LogP contribution in [0.2, 0.25) is 0 Å². The highest BCUT2D eigenvalue weighted by Crippen LogP contribution is 2.46. The SMILES string of the molecule is c1ccc(-c2ccccc2N(c2ccc(-n3c4ccccc4c4ccccc43)cc2)c2cccc3c2c2ccccc2n3-c2ccccc2)cc1. The molecule has 0 amide bonds. The third-order valence-corrected chi connectivity index (χ3v) is 10.1.